The number of fused-ring (bicyclic) bond motifs is 1. The van der Waals surface area contributed by atoms with Gasteiger partial charge in [0.2, 0.25) is 5.95 Å². The molecule has 4 rings (SSSR count). The summed E-state index contributed by atoms with van der Waals surface area (Å²) in [6.07, 6.45) is -2.63. The SMILES string of the molecule is C[C@H]1CCCN(c2cc(C(F)(F)F)nc(NC(=S)NCc3ccc4c(c3)OCCO4)n2)C1. The highest BCUT2D eigenvalue weighted by molar-refractivity contribution is 7.80. The standard InChI is InChI=1S/C21H24F3N5O2S/c1-13-3-2-6-29(12-13)18-10-17(21(22,23)24)26-19(27-18)28-20(32)25-11-14-4-5-15-16(9-14)31-8-7-30-15/h4-5,9-10,13H,2-3,6-8,11-12H2,1H3,(H2,25,26,27,28,32)/t13-/m0/s1. The van der Waals surface area contributed by atoms with Gasteiger partial charge in [0.05, 0.1) is 0 Å². The van der Waals surface area contributed by atoms with Crippen LogP contribution in [-0.2, 0) is 12.7 Å². The van der Waals surface area contributed by atoms with Gasteiger partial charge in [-0.3, -0.25) is 0 Å². The van der Waals surface area contributed by atoms with Crippen LogP contribution < -0.4 is 25.0 Å². The zero-order valence-corrected chi connectivity index (χ0v) is 18.4. The molecular weight excluding hydrogens is 443 g/mol. The second kappa shape index (κ2) is 9.35. The van der Waals surface area contributed by atoms with E-state index < -0.39 is 11.9 Å². The molecule has 7 nitrogen and oxygen atoms in total. The Labute approximate surface area is 189 Å². The van der Waals surface area contributed by atoms with Crippen molar-refractivity contribution in [3.63, 3.8) is 0 Å². The highest BCUT2D eigenvalue weighted by Gasteiger charge is 2.34. The summed E-state index contributed by atoms with van der Waals surface area (Å²) in [5, 5.41) is 5.78. The van der Waals surface area contributed by atoms with Gasteiger partial charge >= 0.3 is 6.18 Å². The quantitative estimate of drug-likeness (QED) is 0.655. The molecule has 1 fully saturated rings. The van der Waals surface area contributed by atoms with Crippen LogP contribution in [0.1, 0.15) is 31.0 Å². The summed E-state index contributed by atoms with van der Waals surface area (Å²) in [6.45, 7) is 4.72. The molecule has 0 aliphatic carbocycles. The monoisotopic (exact) mass is 467 g/mol. The van der Waals surface area contributed by atoms with Crippen LogP contribution in [0.3, 0.4) is 0 Å². The minimum atomic E-state index is -4.59. The molecule has 0 bridgehead atoms. The van der Waals surface area contributed by atoms with E-state index >= 15 is 0 Å². The van der Waals surface area contributed by atoms with Crippen molar-refractivity contribution >= 4 is 29.1 Å². The summed E-state index contributed by atoms with van der Waals surface area (Å²) >= 11 is 5.26. The Morgan fingerprint density at radius 2 is 1.97 bits per heavy atom. The summed E-state index contributed by atoms with van der Waals surface area (Å²) in [7, 11) is 0. The van der Waals surface area contributed by atoms with Crippen LogP contribution in [0.25, 0.3) is 0 Å². The Morgan fingerprint density at radius 1 is 1.19 bits per heavy atom. The number of rotatable bonds is 4. The summed E-state index contributed by atoms with van der Waals surface area (Å²) in [5.74, 6) is 1.77. The molecule has 0 radical (unpaired) electrons. The second-order valence-corrected chi connectivity index (χ2v) is 8.32. The zero-order chi connectivity index (χ0) is 22.7. The average Bonchev–Trinajstić information content (AvgIpc) is 2.77. The van der Waals surface area contributed by atoms with Gasteiger partial charge in [0.15, 0.2) is 22.3 Å². The Hall–Kier alpha value is -2.82. The van der Waals surface area contributed by atoms with Gasteiger partial charge in [-0.25, -0.2) is 4.98 Å². The van der Waals surface area contributed by atoms with Gasteiger partial charge in [0.25, 0.3) is 0 Å². The molecule has 3 heterocycles. The van der Waals surface area contributed by atoms with Crippen LogP contribution in [0.4, 0.5) is 24.9 Å². The summed E-state index contributed by atoms with van der Waals surface area (Å²) in [6, 6.07) is 6.50. The number of hydrogen-bond donors (Lipinski definition) is 2. The predicted molar refractivity (Wildman–Crippen MR) is 118 cm³/mol. The molecule has 2 aliphatic heterocycles. The Balaban J connectivity index is 1.45. The first-order valence-corrected chi connectivity index (χ1v) is 10.8. The molecule has 1 atom stereocenters. The van der Waals surface area contributed by atoms with Gasteiger partial charge in [-0.1, -0.05) is 13.0 Å². The molecule has 1 aromatic carbocycles. The number of nitrogens with zero attached hydrogens (tertiary/aromatic N) is 3. The molecular formula is C21H24F3N5O2S. The van der Waals surface area contributed by atoms with Crippen molar-refractivity contribution in [2.24, 2.45) is 5.92 Å². The van der Waals surface area contributed by atoms with E-state index in [9.17, 15) is 13.2 Å². The maximum Gasteiger partial charge on any atom is 0.433 e. The van der Waals surface area contributed by atoms with Crippen molar-refractivity contribution in [3.05, 3.63) is 35.5 Å². The number of nitrogens with one attached hydrogen (secondary N) is 2. The van der Waals surface area contributed by atoms with E-state index in [0.717, 1.165) is 24.5 Å². The lowest BCUT2D eigenvalue weighted by atomic mass is 10.0. The van der Waals surface area contributed by atoms with Crippen LogP contribution in [0.2, 0.25) is 0 Å². The van der Waals surface area contributed by atoms with E-state index in [1.165, 1.54) is 0 Å². The predicted octanol–water partition coefficient (Wildman–Crippen LogP) is 3.99. The fourth-order valence-corrected chi connectivity index (χ4v) is 3.88. The molecule has 1 saturated heterocycles. The van der Waals surface area contributed by atoms with Gasteiger partial charge in [-0.05, 0) is 48.7 Å². The molecule has 2 aromatic rings. The highest BCUT2D eigenvalue weighted by atomic mass is 32.1. The third-order valence-corrected chi connectivity index (χ3v) is 5.52. The van der Waals surface area contributed by atoms with Crippen LogP contribution in [-0.4, -0.2) is 41.4 Å². The lowest BCUT2D eigenvalue weighted by Gasteiger charge is -2.32. The topological polar surface area (TPSA) is 71.5 Å². The lowest BCUT2D eigenvalue weighted by Crippen LogP contribution is -2.35. The maximum absolute atomic E-state index is 13.4. The fourth-order valence-electron chi connectivity index (χ4n) is 3.72. The summed E-state index contributed by atoms with van der Waals surface area (Å²) < 4.78 is 51.3. The Bertz CT molecular complexity index is 988. The summed E-state index contributed by atoms with van der Waals surface area (Å²) in [5.41, 5.74) is -0.121. The molecule has 0 amide bonds. The van der Waals surface area contributed by atoms with Crippen molar-refractivity contribution in [2.75, 3.05) is 36.5 Å². The van der Waals surface area contributed by atoms with E-state index in [4.69, 9.17) is 21.7 Å². The van der Waals surface area contributed by atoms with Gasteiger partial charge in [-0.15, -0.1) is 0 Å². The first-order chi connectivity index (χ1) is 15.3. The van der Waals surface area contributed by atoms with Crippen molar-refractivity contribution < 1.29 is 22.6 Å². The van der Waals surface area contributed by atoms with Crippen molar-refractivity contribution in [1.82, 2.24) is 15.3 Å². The van der Waals surface area contributed by atoms with Gasteiger partial charge in [0, 0.05) is 25.7 Å². The normalized spacial score (nSPS) is 18.2. The number of thiocarbonyl (C=S) groups is 1. The third kappa shape index (κ3) is 5.50. The average molecular weight is 468 g/mol. The van der Waals surface area contributed by atoms with E-state index in [0.29, 0.717) is 50.3 Å². The number of aromatic nitrogens is 2. The highest BCUT2D eigenvalue weighted by Crippen LogP contribution is 2.32. The molecule has 172 valence electrons. The first-order valence-electron chi connectivity index (χ1n) is 10.4. The third-order valence-electron chi connectivity index (χ3n) is 5.27. The van der Waals surface area contributed by atoms with Crippen LogP contribution >= 0.6 is 12.2 Å². The van der Waals surface area contributed by atoms with E-state index in [-0.39, 0.29) is 16.9 Å². The Morgan fingerprint density at radius 3 is 2.72 bits per heavy atom. The van der Waals surface area contributed by atoms with Crippen LogP contribution in [0, 0.1) is 5.92 Å². The largest absolute Gasteiger partial charge is 0.486 e. The number of piperidine rings is 1. The lowest BCUT2D eigenvalue weighted by molar-refractivity contribution is -0.141. The maximum atomic E-state index is 13.4. The van der Waals surface area contributed by atoms with Gasteiger partial charge < -0.3 is 25.0 Å². The molecule has 2 aliphatic rings. The van der Waals surface area contributed by atoms with Crippen LogP contribution in [0.5, 0.6) is 11.5 Å². The minimum absolute atomic E-state index is 0.122. The van der Waals surface area contributed by atoms with E-state index in [1.54, 1.807) is 0 Å². The number of halogens is 3. The van der Waals surface area contributed by atoms with Gasteiger partial charge in [0.1, 0.15) is 19.0 Å². The van der Waals surface area contributed by atoms with Crippen LogP contribution in [0.15, 0.2) is 24.3 Å². The van der Waals surface area contributed by atoms with Crippen molar-refractivity contribution in [3.8, 4) is 11.5 Å². The summed E-state index contributed by atoms with van der Waals surface area (Å²) in [4.78, 5) is 9.79. The zero-order valence-electron chi connectivity index (χ0n) is 17.5. The molecule has 0 unspecified atom stereocenters. The number of ether oxygens (including phenoxy) is 2. The smallest absolute Gasteiger partial charge is 0.433 e. The minimum Gasteiger partial charge on any atom is -0.486 e. The molecule has 11 heteroatoms. The molecule has 32 heavy (non-hydrogen) atoms. The number of anilines is 2. The van der Waals surface area contributed by atoms with Crippen molar-refractivity contribution in [2.45, 2.75) is 32.5 Å². The second-order valence-electron chi connectivity index (χ2n) is 7.91. The number of hydrogen-bond acceptors (Lipinski definition) is 6. The molecule has 0 saturated carbocycles. The van der Waals surface area contributed by atoms with E-state index in [2.05, 4.69) is 27.5 Å². The van der Waals surface area contributed by atoms with E-state index in [1.807, 2.05) is 23.1 Å². The Kier molecular flexibility index (Phi) is 6.54. The van der Waals surface area contributed by atoms with Gasteiger partial charge in [-0.2, -0.15) is 18.2 Å². The molecule has 1 aromatic heterocycles. The first kappa shape index (κ1) is 22.4. The van der Waals surface area contributed by atoms with Crippen molar-refractivity contribution in [1.29, 1.82) is 0 Å². The number of alkyl halides is 3. The molecule has 0 spiro atoms. The molecule has 2 N–H and O–H groups in total. The number of benzene rings is 1. The fraction of sp³-hybridized carbons (Fsp3) is 0.476.